The molecule has 5 nitrogen and oxygen atoms in total. The molecular formula is C25H30F2N2O3. The summed E-state index contributed by atoms with van der Waals surface area (Å²) in [6, 6.07) is 14.6. The molecule has 0 bridgehead atoms. The molecule has 0 aliphatic rings. The molecule has 7 heteroatoms. The maximum Gasteiger partial charge on any atom is 0.296 e. The van der Waals surface area contributed by atoms with Gasteiger partial charge >= 0.3 is 0 Å². The van der Waals surface area contributed by atoms with Gasteiger partial charge in [0.05, 0.1) is 6.10 Å². The molecule has 0 amide bonds. The number of aromatic nitrogens is 1. The number of fused-ring (bicyclic) bond motifs is 1. The summed E-state index contributed by atoms with van der Waals surface area (Å²) in [5.74, 6) is -2.87. The van der Waals surface area contributed by atoms with Crippen LogP contribution in [-0.2, 0) is 10.7 Å². The molecule has 0 spiro atoms. The number of pyridine rings is 1. The zero-order valence-electron chi connectivity index (χ0n) is 18.0. The van der Waals surface area contributed by atoms with Crippen LogP contribution in [0.3, 0.4) is 0 Å². The molecule has 172 valence electrons. The number of ether oxygens (including phenoxy) is 1. The lowest BCUT2D eigenvalue weighted by Gasteiger charge is -2.16. The van der Waals surface area contributed by atoms with Crippen molar-refractivity contribution in [2.24, 2.45) is 0 Å². The van der Waals surface area contributed by atoms with Gasteiger partial charge in [-0.3, -0.25) is 4.98 Å². The van der Waals surface area contributed by atoms with E-state index in [0.29, 0.717) is 18.7 Å². The molecule has 2 aromatic carbocycles. The highest BCUT2D eigenvalue weighted by atomic mass is 19.3. The van der Waals surface area contributed by atoms with E-state index in [1.54, 1.807) is 42.6 Å². The zero-order chi connectivity index (χ0) is 22.8. The van der Waals surface area contributed by atoms with E-state index in [1.165, 1.54) is 12.1 Å². The lowest BCUT2D eigenvalue weighted by Crippen LogP contribution is -2.22. The van der Waals surface area contributed by atoms with E-state index in [4.69, 9.17) is 4.74 Å². The highest BCUT2D eigenvalue weighted by Crippen LogP contribution is 2.29. The van der Waals surface area contributed by atoms with Crippen molar-refractivity contribution in [1.82, 2.24) is 10.3 Å². The molecule has 3 rings (SSSR count). The molecule has 32 heavy (non-hydrogen) atoms. The number of rotatable bonds is 13. The topological polar surface area (TPSA) is 74.6 Å². The van der Waals surface area contributed by atoms with Crippen LogP contribution in [0.5, 0.6) is 5.75 Å². The van der Waals surface area contributed by atoms with Gasteiger partial charge in [-0.2, -0.15) is 8.78 Å². The number of alkyl halides is 2. The number of nitrogens with one attached hydrogen (secondary N) is 1. The molecule has 1 heterocycles. The SMILES string of the molecule is Oc1ccc([C@@H](O)CNCCCCCCOCC(F)(F)c2ccccc2)c2cccnc12. The molecule has 3 aromatic rings. The van der Waals surface area contributed by atoms with Gasteiger partial charge in [-0.15, -0.1) is 0 Å². The molecule has 3 N–H and O–H groups in total. The van der Waals surface area contributed by atoms with Crippen molar-refractivity contribution in [1.29, 1.82) is 0 Å². The molecule has 0 fully saturated rings. The third-order valence-electron chi connectivity index (χ3n) is 5.35. The first-order valence-electron chi connectivity index (χ1n) is 11.0. The van der Waals surface area contributed by atoms with Gasteiger partial charge in [-0.25, -0.2) is 0 Å². The number of benzene rings is 2. The van der Waals surface area contributed by atoms with Crippen LogP contribution >= 0.6 is 0 Å². The average molecular weight is 445 g/mol. The highest BCUT2D eigenvalue weighted by molar-refractivity contribution is 5.87. The van der Waals surface area contributed by atoms with Gasteiger partial charge in [0, 0.05) is 30.3 Å². The van der Waals surface area contributed by atoms with Crippen LogP contribution in [0.4, 0.5) is 8.78 Å². The van der Waals surface area contributed by atoms with E-state index in [1.807, 2.05) is 6.07 Å². The minimum absolute atomic E-state index is 0.0233. The Bertz CT molecular complexity index is 970. The predicted octanol–water partition coefficient (Wildman–Crippen LogP) is 4.93. The Morgan fingerprint density at radius 2 is 1.75 bits per heavy atom. The van der Waals surface area contributed by atoms with E-state index in [-0.39, 0.29) is 11.3 Å². The number of aliphatic hydroxyl groups is 1. The largest absolute Gasteiger partial charge is 0.506 e. The van der Waals surface area contributed by atoms with Crippen molar-refractivity contribution < 1.29 is 23.7 Å². The van der Waals surface area contributed by atoms with Crippen LogP contribution in [0.25, 0.3) is 10.9 Å². The van der Waals surface area contributed by atoms with Gasteiger partial charge in [0.2, 0.25) is 0 Å². The number of halogens is 2. The lowest BCUT2D eigenvalue weighted by molar-refractivity contribution is -0.0831. The fourth-order valence-electron chi connectivity index (χ4n) is 3.59. The summed E-state index contributed by atoms with van der Waals surface area (Å²) >= 11 is 0. The number of unbranched alkanes of at least 4 members (excludes halogenated alkanes) is 3. The van der Waals surface area contributed by atoms with Crippen LogP contribution in [-0.4, -0.2) is 41.5 Å². The van der Waals surface area contributed by atoms with Crippen molar-refractivity contribution in [2.45, 2.75) is 37.7 Å². The fraction of sp³-hybridized carbons (Fsp3) is 0.400. The first-order valence-corrected chi connectivity index (χ1v) is 11.0. The van der Waals surface area contributed by atoms with Gasteiger partial charge in [0.25, 0.3) is 5.92 Å². The lowest BCUT2D eigenvalue weighted by atomic mass is 10.0. The minimum Gasteiger partial charge on any atom is -0.506 e. The summed E-state index contributed by atoms with van der Waals surface area (Å²) in [7, 11) is 0. The summed E-state index contributed by atoms with van der Waals surface area (Å²) in [5.41, 5.74) is 1.18. The molecule has 0 radical (unpaired) electrons. The Morgan fingerprint density at radius 1 is 0.969 bits per heavy atom. The smallest absolute Gasteiger partial charge is 0.296 e. The van der Waals surface area contributed by atoms with Gasteiger partial charge in [0.1, 0.15) is 17.9 Å². The Morgan fingerprint density at radius 3 is 2.56 bits per heavy atom. The first kappa shape index (κ1) is 24.0. The van der Waals surface area contributed by atoms with Gasteiger partial charge in [-0.1, -0.05) is 55.3 Å². The van der Waals surface area contributed by atoms with E-state index in [0.717, 1.165) is 43.2 Å². The molecular weight excluding hydrogens is 414 g/mol. The molecule has 0 saturated heterocycles. The second-order valence-electron chi connectivity index (χ2n) is 7.83. The third kappa shape index (κ3) is 6.69. The molecule has 0 aliphatic carbocycles. The van der Waals surface area contributed by atoms with E-state index >= 15 is 0 Å². The average Bonchev–Trinajstić information content (AvgIpc) is 2.81. The van der Waals surface area contributed by atoms with Gasteiger partial charge in [-0.05, 0) is 37.1 Å². The first-order chi connectivity index (χ1) is 15.5. The Labute approximate surface area is 187 Å². The van der Waals surface area contributed by atoms with Crippen LogP contribution in [0, 0.1) is 0 Å². The number of nitrogens with zero attached hydrogens (tertiary/aromatic N) is 1. The van der Waals surface area contributed by atoms with Crippen LogP contribution in [0.2, 0.25) is 0 Å². The Hall–Kier alpha value is -2.61. The summed E-state index contributed by atoms with van der Waals surface area (Å²) in [5, 5.41) is 24.4. The Balaban J connectivity index is 1.27. The van der Waals surface area contributed by atoms with Gasteiger partial charge in [0.15, 0.2) is 0 Å². The van der Waals surface area contributed by atoms with Crippen molar-refractivity contribution in [3.63, 3.8) is 0 Å². The zero-order valence-corrected chi connectivity index (χ0v) is 18.0. The summed E-state index contributed by atoms with van der Waals surface area (Å²) in [4.78, 5) is 4.17. The van der Waals surface area contributed by atoms with Crippen LogP contribution < -0.4 is 5.32 Å². The van der Waals surface area contributed by atoms with Crippen molar-refractivity contribution in [3.05, 3.63) is 71.9 Å². The molecule has 1 aromatic heterocycles. The van der Waals surface area contributed by atoms with Crippen molar-refractivity contribution in [2.75, 3.05) is 26.3 Å². The maximum absolute atomic E-state index is 14.0. The third-order valence-corrected chi connectivity index (χ3v) is 5.35. The highest BCUT2D eigenvalue weighted by Gasteiger charge is 2.31. The normalized spacial score (nSPS) is 12.8. The number of hydrogen-bond acceptors (Lipinski definition) is 5. The quantitative estimate of drug-likeness (QED) is 0.326. The number of hydrogen-bond donors (Lipinski definition) is 3. The van der Waals surface area contributed by atoms with E-state index < -0.39 is 18.6 Å². The number of phenols is 1. The molecule has 1 atom stereocenters. The molecule has 0 unspecified atom stereocenters. The minimum atomic E-state index is -2.97. The second-order valence-corrected chi connectivity index (χ2v) is 7.83. The van der Waals surface area contributed by atoms with Crippen molar-refractivity contribution in [3.8, 4) is 5.75 Å². The summed E-state index contributed by atoms with van der Waals surface area (Å²) in [6.45, 7) is 0.860. The number of aromatic hydroxyl groups is 1. The summed E-state index contributed by atoms with van der Waals surface area (Å²) in [6.07, 6.45) is 4.41. The number of phenolic OH excluding ortho intramolecular Hbond substituents is 1. The Kier molecular flexibility index (Phi) is 8.90. The van der Waals surface area contributed by atoms with Crippen molar-refractivity contribution >= 4 is 10.9 Å². The van der Waals surface area contributed by atoms with Gasteiger partial charge < -0.3 is 20.3 Å². The molecule has 0 saturated carbocycles. The monoisotopic (exact) mass is 444 g/mol. The summed E-state index contributed by atoms with van der Waals surface area (Å²) < 4.78 is 33.2. The standard InChI is InChI=1S/C25H30F2N2O3/c26-25(27,19-9-4-3-5-10-19)18-32-16-7-2-1-6-14-28-17-23(31)20-12-13-22(30)24-21(20)11-8-15-29-24/h3-5,8-13,15,23,28,30-31H,1-2,6-7,14,16-18H2/t23-/m0/s1. The van der Waals surface area contributed by atoms with E-state index in [9.17, 15) is 19.0 Å². The predicted molar refractivity (Wildman–Crippen MR) is 121 cm³/mol. The molecule has 0 aliphatic heterocycles. The second kappa shape index (κ2) is 11.9. The maximum atomic E-state index is 14.0. The fourth-order valence-corrected chi connectivity index (χ4v) is 3.59. The van der Waals surface area contributed by atoms with Crippen LogP contribution in [0.15, 0.2) is 60.8 Å². The number of aliphatic hydroxyl groups excluding tert-OH is 1. The van der Waals surface area contributed by atoms with E-state index in [2.05, 4.69) is 10.3 Å². The van der Waals surface area contributed by atoms with Crippen LogP contribution in [0.1, 0.15) is 42.9 Å².